The van der Waals surface area contributed by atoms with Gasteiger partial charge in [0.1, 0.15) is 11.2 Å². The highest BCUT2D eigenvalue weighted by Crippen LogP contribution is 2.56. The number of hydrogen-bond donors (Lipinski definition) is 0. The number of para-hydroxylation sites is 1. The van der Waals surface area contributed by atoms with Crippen LogP contribution in [0.3, 0.4) is 0 Å². The summed E-state index contributed by atoms with van der Waals surface area (Å²) in [5.41, 5.74) is 14.4. The van der Waals surface area contributed by atoms with Crippen LogP contribution in [-0.2, 0) is 11.8 Å². The maximum Gasteiger partial charge on any atom is 0.135 e. The van der Waals surface area contributed by atoms with Gasteiger partial charge < -0.3 is 4.42 Å². The fourth-order valence-electron chi connectivity index (χ4n) is 7.77. The third kappa shape index (κ3) is 3.87. The molecule has 0 fully saturated rings. The predicted molar refractivity (Wildman–Crippen MR) is 186 cm³/mol. The molecule has 0 saturated carbocycles. The summed E-state index contributed by atoms with van der Waals surface area (Å²) in [6.07, 6.45) is 0.816. The van der Waals surface area contributed by atoms with Crippen molar-refractivity contribution in [1.82, 2.24) is 0 Å². The van der Waals surface area contributed by atoms with E-state index in [2.05, 4.69) is 164 Å². The van der Waals surface area contributed by atoms with Gasteiger partial charge in [-0.05, 0) is 80.3 Å². The SMILES string of the molecule is c1ccc(C2(c3ccccc3)c3ccccc3-c3ccc(-c4ccccc4Cc4cccc5oc6ccccc6c45)cc32)cc1. The Hall–Kier alpha value is -5.66. The quantitative estimate of drug-likeness (QED) is 0.199. The molecule has 0 N–H and O–H groups in total. The molecule has 0 unspecified atom stereocenters. The topological polar surface area (TPSA) is 13.1 Å². The molecule has 212 valence electrons. The van der Waals surface area contributed by atoms with Crippen molar-refractivity contribution >= 4 is 21.9 Å². The molecule has 1 heteroatoms. The number of furan rings is 1. The van der Waals surface area contributed by atoms with Gasteiger partial charge in [0.05, 0.1) is 5.41 Å². The number of hydrogen-bond acceptors (Lipinski definition) is 1. The Balaban J connectivity index is 1.25. The molecule has 1 aromatic heterocycles. The molecule has 45 heavy (non-hydrogen) atoms. The Morgan fingerprint density at radius 1 is 0.422 bits per heavy atom. The molecule has 0 radical (unpaired) electrons. The number of benzene rings is 7. The predicted octanol–water partition coefficient (Wildman–Crippen LogP) is 11.2. The zero-order valence-electron chi connectivity index (χ0n) is 24.8. The Bertz CT molecular complexity index is 2300. The van der Waals surface area contributed by atoms with Crippen LogP contribution >= 0.6 is 0 Å². The summed E-state index contributed by atoms with van der Waals surface area (Å²) >= 11 is 0. The van der Waals surface area contributed by atoms with Gasteiger partial charge in [-0.2, -0.15) is 0 Å². The molecule has 1 aliphatic carbocycles. The summed E-state index contributed by atoms with van der Waals surface area (Å²) in [6, 6.07) is 61.8. The number of rotatable bonds is 5. The molecule has 0 bridgehead atoms. The van der Waals surface area contributed by atoms with E-state index in [-0.39, 0.29) is 0 Å². The van der Waals surface area contributed by atoms with Crippen molar-refractivity contribution in [3.8, 4) is 22.3 Å². The van der Waals surface area contributed by atoms with Crippen molar-refractivity contribution in [1.29, 1.82) is 0 Å². The zero-order valence-corrected chi connectivity index (χ0v) is 24.8. The van der Waals surface area contributed by atoms with Crippen LogP contribution in [0.25, 0.3) is 44.2 Å². The molecular weight excluding hydrogens is 544 g/mol. The molecule has 8 aromatic rings. The molecule has 0 aliphatic heterocycles. The van der Waals surface area contributed by atoms with Gasteiger partial charge in [0.15, 0.2) is 0 Å². The van der Waals surface area contributed by atoms with Crippen LogP contribution in [0, 0.1) is 0 Å². The van der Waals surface area contributed by atoms with E-state index in [0.717, 1.165) is 17.6 Å². The Morgan fingerprint density at radius 2 is 1.02 bits per heavy atom. The van der Waals surface area contributed by atoms with Crippen molar-refractivity contribution < 1.29 is 4.42 Å². The van der Waals surface area contributed by atoms with Crippen LogP contribution in [0.15, 0.2) is 174 Å². The number of fused-ring (bicyclic) bond motifs is 6. The van der Waals surface area contributed by atoms with Gasteiger partial charge in [-0.15, -0.1) is 0 Å². The summed E-state index contributed by atoms with van der Waals surface area (Å²) in [7, 11) is 0. The Labute approximate surface area is 263 Å². The average Bonchev–Trinajstić information content (AvgIpc) is 3.64. The minimum atomic E-state index is -0.416. The Morgan fingerprint density at radius 3 is 1.82 bits per heavy atom. The molecule has 0 atom stereocenters. The van der Waals surface area contributed by atoms with Crippen molar-refractivity contribution in [3.63, 3.8) is 0 Å². The molecule has 7 aromatic carbocycles. The molecule has 0 spiro atoms. The fraction of sp³-hybridized carbons (Fsp3) is 0.0455. The largest absolute Gasteiger partial charge is 0.456 e. The van der Waals surface area contributed by atoms with Gasteiger partial charge in [0, 0.05) is 10.8 Å². The van der Waals surface area contributed by atoms with Gasteiger partial charge in [0.2, 0.25) is 0 Å². The second kappa shape index (κ2) is 10.2. The van der Waals surface area contributed by atoms with E-state index in [1.165, 1.54) is 66.4 Å². The smallest absolute Gasteiger partial charge is 0.135 e. The van der Waals surface area contributed by atoms with Crippen molar-refractivity contribution in [2.45, 2.75) is 11.8 Å². The van der Waals surface area contributed by atoms with Crippen LogP contribution in [0.2, 0.25) is 0 Å². The zero-order chi connectivity index (χ0) is 29.8. The van der Waals surface area contributed by atoms with Gasteiger partial charge >= 0.3 is 0 Å². The third-order valence-electron chi connectivity index (χ3n) is 9.66. The van der Waals surface area contributed by atoms with E-state index >= 15 is 0 Å². The van der Waals surface area contributed by atoms with Gasteiger partial charge in [0.25, 0.3) is 0 Å². The van der Waals surface area contributed by atoms with E-state index in [1.807, 2.05) is 6.07 Å². The first kappa shape index (κ1) is 25.8. The van der Waals surface area contributed by atoms with E-state index in [4.69, 9.17) is 4.42 Å². The van der Waals surface area contributed by atoms with Gasteiger partial charge in [-0.1, -0.05) is 152 Å². The van der Waals surface area contributed by atoms with Crippen LogP contribution in [0.5, 0.6) is 0 Å². The second-order valence-electron chi connectivity index (χ2n) is 12.0. The van der Waals surface area contributed by atoms with E-state index < -0.39 is 5.41 Å². The lowest BCUT2D eigenvalue weighted by Crippen LogP contribution is -2.28. The normalized spacial score (nSPS) is 13.2. The van der Waals surface area contributed by atoms with Crippen LogP contribution in [-0.4, -0.2) is 0 Å². The summed E-state index contributed by atoms with van der Waals surface area (Å²) in [4.78, 5) is 0. The minimum Gasteiger partial charge on any atom is -0.456 e. The van der Waals surface area contributed by atoms with E-state index in [1.54, 1.807) is 0 Å². The van der Waals surface area contributed by atoms with Crippen molar-refractivity contribution in [2.24, 2.45) is 0 Å². The molecule has 1 aliphatic rings. The molecule has 9 rings (SSSR count). The summed E-state index contributed by atoms with van der Waals surface area (Å²) in [6.45, 7) is 0. The van der Waals surface area contributed by atoms with Crippen molar-refractivity contribution in [2.75, 3.05) is 0 Å². The first-order chi connectivity index (χ1) is 22.3. The second-order valence-corrected chi connectivity index (χ2v) is 12.0. The first-order valence-electron chi connectivity index (χ1n) is 15.7. The highest BCUT2D eigenvalue weighted by Gasteiger charge is 2.46. The van der Waals surface area contributed by atoms with E-state index in [0.29, 0.717) is 0 Å². The lowest BCUT2D eigenvalue weighted by Gasteiger charge is -2.34. The van der Waals surface area contributed by atoms with E-state index in [9.17, 15) is 0 Å². The minimum absolute atomic E-state index is 0.416. The lowest BCUT2D eigenvalue weighted by atomic mass is 9.67. The summed E-state index contributed by atoms with van der Waals surface area (Å²) in [5.74, 6) is 0. The van der Waals surface area contributed by atoms with Crippen LogP contribution < -0.4 is 0 Å². The third-order valence-corrected chi connectivity index (χ3v) is 9.66. The van der Waals surface area contributed by atoms with Crippen LogP contribution in [0.1, 0.15) is 33.4 Å². The lowest BCUT2D eigenvalue weighted by molar-refractivity contribution is 0.668. The molecule has 0 amide bonds. The van der Waals surface area contributed by atoms with Gasteiger partial charge in [-0.25, -0.2) is 0 Å². The fourth-order valence-corrected chi connectivity index (χ4v) is 7.77. The highest BCUT2D eigenvalue weighted by atomic mass is 16.3. The maximum atomic E-state index is 6.23. The summed E-state index contributed by atoms with van der Waals surface area (Å²) < 4.78 is 6.23. The first-order valence-corrected chi connectivity index (χ1v) is 15.7. The van der Waals surface area contributed by atoms with Crippen molar-refractivity contribution in [3.05, 3.63) is 203 Å². The maximum absolute atomic E-state index is 6.23. The monoisotopic (exact) mass is 574 g/mol. The molecule has 0 saturated heterocycles. The molecule has 1 heterocycles. The van der Waals surface area contributed by atoms with Crippen LogP contribution in [0.4, 0.5) is 0 Å². The highest BCUT2D eigenvalue weighted by molar-refractivity contribution is 6.06. The molecular formula is C44H30O. The summed E-state index contributed by atoms with van der Waals surface area (Å²) in [5, 5.41) is 2.38. The molecule has 1 nitrogen and oxygen atoms in total. The van der Waals surface area contributed by atoms with Gasteiger partial charge in [-0.3, -0.25) is 0 Å². The standard InChI is InChI=1S/C44H30O/c1-3-16-33(17-4-1)44(34-18-5-2-6-19-34)39-23-11-9-21-36(39)37-27-26-31(29-40(37)44)35-20-8-7-14-30(35)28-32-15-13-25-42-43(32)38-22-10-12-24-41(38)45-42/h1-27,29H,28H2. The average molecular weight is 575 g/mol. The Kier molecular flexibility index (Phi) is 5.86.